The van der Waals surface area contributed by atoms with E-state index in [0.717, 1.165) is 11.3 Å². The number of nitrogens with zero attached hydrogens (tertiary/aromatic N) is 3. The van der Waals surface area contributed by atoms with Gasteiger partial charge in [0.1, 0.15) is 5.82 Å². The zero-order chi connectivity index (χ0) is 21.2. The topological polar surface area (TPSA) is 73.7 Å². The van der Waals surface area contributed by atoms with Crippen molar-refractivity contribution in [1.29, 1.82) is 0 Å². The second kappa shape index (κ2) is 6.63. The highest BCUT2D eigenvalue weighted by Gasteiger charge is 2.54. The maximum atomic E-state index is 13.5. The normalized spacial score (nSPS) is 21.4. The first kappa shape index (κ1) is 20.5. The average Bonchev–Trinajstić information content (AvgIpc) is 3.08. The minimum Gasteiger partial charge on any atom is -0.399 e. The Bertz CT molecular complexity index is 1030. The van der Waals surface area contributed by atoms with E-state index in [1.807, 2.05) is 27.7 Å². The van der Waals surface area contributed by atoms with Gasteiger partial charge in [-0.05, 0) is 52.0 Å². The van der Waals surface area contributed by atoms with Crippen molar-refractivity contribution in [3.05, 3.63) is 35.8 Å². The van der Waals surface area contributed by atoms with Gasteiger partial charge in [-0.2, -0.15) is 9.40 Å². The summed E-state index contributed by atoms with van der Waals surface area (Å²) < 4.78 is 53.5. The molecule has 1 fully saturated rings. The molecular formula is C19H25BFN3O4S. The maximum Gasteiger partial charge on any atom is 0.499 e. The number of aromatic nitrogens is 2. The van der Waals surface area contributed by atoms with Crippen molar-refractivity contribution in [3.8, 4) is 11.3 Å². The second-order valence-electron chi connectivity index (χ2n) is 8.62. The summed E-state index contributed by atoms with van der Waals surface area (Å²) >= 11 is 0. The van der Waals surface area contributed by atoms with Crippen molar-refractivity contribution in [2.45, 2.75) is 52.0 Å². The third-order valence-electron chi connectivity index (χ3n) is 6.06. The van der Waals surface area contributed by atoms with Crippen LogP contribution in [-0.2, 0) is 32.4 Å². The van der Waals surface area contributed by atoms with Gasteiger partial charge in [0.2, 0.25) is 10.0 Å². The van der Waals surface area contributed by atoms with Crippen molar-refractivity contribution < 1.29 is 22.1 Å². The number of hydrogen-bond acceptors (Lipinski definition) is 5. The summed E-state index contributed by atoms with van der Waals surface area (Å²) in [6.45, 7) is 8.81. The molecule has 10 heteroatoms. The van der Waals surface area contributed by atoms with Crippen LogP contribution in [0, 0.1) is 5.82 Å². The molecule has 0 saturated carbocycles. The summed E-state index contributed by atoms with van der Waals surface area (Å²) in [4.78, 5) is 0. The molecular weight excluding hydrogens is 396 g/mol. The lowest BCUT2D eigenvalue weighted by atomic mass is 9.75. The molecule has 3 heterocycles. The van der Waals surface area contributed by atoms with E-state index in [1.165, 1.54) is 22.7 Å². The fourth-order valence-corrected chi connectivity index (χ4v) is 4.40. The number of halogens is 1. The summed E-state index contributed by atoms with van der Waals surface area (Å²) in [6.07, 6.45) is 1.20. The van der Waals surface area contributed by atoms with Crippen LogP contribution >= 0.6 is 0 Å². The molecule has 2 aliphatic rings. The number of rotatable bonds is 3. The highest BCUT2D eigenvalue weighted by molar-refractivity contribution is 7.88. The Morgan fingerprint density at radius 1 is 1.07 bits per heavy atom. The van der Waals surface area contributed by atoms with Gasteiger partial charge in [-0.25, -0.2) is 12.8 Å². The molecule has 0 bridgehead atoms. The average molecular weight is 421 g/mol. The van der Waals surface area contributed by atoms with E-state index in [-0.39, 0.29) is 12.4 Å². The van der Waals surface area contributed by atoms with Gasteiger partial charge in [0, 0.05) is 17.6 Å². The maximum absolute atomic E-state index is 13.5. The fourth-order valence-electron chi connectivity index (χ4n) is 3.63. The Kier molecular flexibility index (Phi) is 4.69. The predicted molar refractivity (Wildman–Crippen MR) is 109 cm³/mol. The van der Waals surface area contributed by atoms with Crippen molar-refractivity contribution in [2.75, 3.05) is 12.8 Å². The van der Waals surface area contributed by atoms with Crippen LogP contribution in [0.1, 0.15) is 33.4 Å². The Morgan fingerprint density at radius 3 is 2.21 bits per heavy atom. The first-order chi connectivity index (χ1) is 13.4. The molecule has 0 aliphatic carbocycles. The molecule has 2 aromatic rings. The number of hydrogen-bond donors (Lipinski definition) is 0. The molecule has 0 amide bonds. The van der Waals surface area contributed by atoms with Crippen LogP contribution in [0.3, 0.4) is 0 Å². The van der Waals surface area contributed by atoms with E-state index in [0.29, 0.717) is 24.2 Å². The van der Waals surface area contributed by atoms with E-state index in [4.69, 9.17) is 14.4 Å². The van der Waals surface area contributed by atoms with Crippen molar-refractivity contribution in [2.24, 2.45) is 0 Å². The smallest absolute Gasteiger partial charge is 0.399 e. The first-order valence-corrected chi connectivity index (χ1v) is 11.4. The molecule has 1 saturated heterocycles. The molecule has 1 aromatic heterocycles. The van der Waals surface area contributed by atoms with Crippen LogP contribution in [0.4, 0.5) is 4.39 Å². The van der Waals surface area contributed by atoms with Gasteiger partial charge in [0.05, 0.1) is 41.9 Å². The van der Waals surface area contributed by atoms with E-state index in [9.17, 15) is 12.8 Å². The van der Waals surface area contributed by atoms with Gasteiger partial charge in [-0.1, -0.05) is 0 Å². The number of fused-ring (bicyclic) bond motifs is 1. The molecule has 0 spiro atoms. The highest BCUT2D eigenvalue weighted by atomic mass is 32.2. The highest BCUT2D eigenvalue weighted by Crippen LogP contribution is 2.38. The van der Waals surface area contributed by atoms with Crippen LogP contribution in [-0.4, -0.2) is 53.6 Å². The monoisotopic (exact) mass is 421 g/mol. The first-order valence-electron chi connectivity index (χ1n) is 9.55. The van der Waals surface area contributed by atoms with Gasteiger partial charge in [-0.3, -0.25) is 4.68 Å². The summed E-state index contributed by atoms with van der Waals surface area (Å²) in [6, 6.07) is 6.08. The summed E-state index contributed by atoms with van der Waals surface area (Å²) in [5, 5.41) is 4.72. The van der Waals surface area contributed by atoms with E-state index in [1.54, 1.807) is 16.8 Å². The standard InChI is InChI=1S/C19H25BFN3O4S/c1-18(2)19(3,4)28-20(27-18)16-15-12-23(29(5,25)26)10-11-24(15)22-17(16)13-6-8-14(21)9-7-13/h6-9H,10-12H2,1-5H3. The van der Waals surface area contributed by atoms with Gasteiger partial charge in [-0.15, -0.1) is 0 Å². The molecule has 0 radical (unpaired) electrons. The Morgan fingerprint density at radius 2 is 1.66 bits per heavy atom. The third-order valence-corrected chi connectivity index (χ3v) is 7.31. The van der Waals surface area contributed by atoms with Gasteiger partial charge < -0.3 is 9.31 Å². The summed E-state index contributed by atoms with van der Waals surface area (Å²) in [5.74, 6) is -0.335. The largest absolute Gasteiger partial charge is 0.499 e. The van der Waals surface area contributed by atoms with Gasteiger partial charge in [0.25, 0.3) is 0 Å². The number of benzene rings is 1. The Hall–Kier alpha value is -1.75. The van der Waals surface area contributed by atoms with Crippen molar-refractivity contribution >= 4 is 22.6 Å². The fraction of sp³-hybridized carbons (Fsp3) is 0.526. The lowest BCUT2D eigenvalue weighted by molar-refractivity contribution is 0.00578. The van der Waals surface area contributed by atoms with Gasteiger partial charge >= 0.3 is 7.12 Å². The van der Waals surface area contributed by atoms with Crippen molar-refractivity contribution in [1.82, 2.24) is 14.1 Å². The van der Waals surface area contributed by atoms with Gasteiger partial charge in [0.15, 0.2) is 0 Å². The minimum atomic E-state index is -3.35. The molecule has 7 nitrogen and oxygen atoms in total. The lowest BCUT2D eigenvalue weighted by Gasteiger charge is -2.32. The summed E-state index contributed by atoms with van der Waals surface area (Å²) in [7, 11) is -4.06. The SMILES string of the molecule is CC1(C)OB(c2c(-c3ccc(F)cc3)nn3c2CN(S(C)(=O)=O)CC3)OC1(C)C. The summed E-state index contributed by atoms with van der Waals surface area (Å²) in [5.41, 5.74) is 1.66. The van der Waals surface area contributed by atoms with Crippen LogP contribution in [0.25, 0.3) is 11.3 Å². The molecule has 29 heavy (non-hydrogen) atoms. The molecule has 2 aliphatic heterocycles. The van der Waals surface area contributed by atoms with Crippen LogP contribution in [0.2, 0.25) is 0 Å². The van der Waals surface area contributed by atoms with E-state index >= 15 is 0 Å². The van der Waals surface area contributed by atoms with Crippen LogP contribution in [0.15, 0.2) is 24.3 Å². The van der Waals surface area contributed by atoms with E-state index < -0.39 is 28.3 Å². The molecule has 0 N–H and O–H groups in total. The van der Waals surface area contributed by atoms with Crippen LogP contribution < -0.4 is 5.46 Å². The number of sulfonamides is 1. The van der Waals surface area contributed by atoms with Crippen LogP contribution in [0.5, 0.6) is 0 Å². The Balaban J connectivity index is 1.86. The van der Waals surface area contributed by atoms with Crippen molar-refractivity contribution in [3.63, 3.8) is 0 Å². The zero-order valence-electron chi connectivity index (χ0n) is 17.3. The zero-order valence-corrected chi connectivity index (χ0v) is 18.1. The third kappa shape index (κ3) is 3.52. The molecule has 4 rings (SSSR count). The minimum absolute atomic E-state index is 0.187. The quantitative estimate of drug-likeness (QED) is 0.707. The lowest BCUT2D eigenvalue weighted by Crippen LogP contribution is -2.43. The molecule has 1 aromatic carbocycles. The molecule has 0 atom stereocenters. The molecule has 0 unspecified atom stereocenters. The molecule has 156 valence electrons. The second-order valence-corrected chi connectivity index (χ2v) is 10.6. The Labute approximate surface area is 171 Å². The van der Waals surface area contributed by atoms with E-state index in [2.05, 4.69) is 0 Å². The predicted octanol–water partition coefficient (Wildman–Crippen LogP) is 1.76.